The maximum absolute atomic E-state index is 10.5. The average molecular weight is 333 g/mol. The van der Waals surface area contributed by atoms with E-state index in [1.54, 1.807) is 0 Å². The van der Waals surface area contributed by atoms with Crippen LogP contribution in [0, 0.1) is 0 Å². The van der Waals surface area contributed by atoms with E-state index in [0.717, 1.165) is 40.8 Å². The van der Waals surface area contributed by atoms with Crippen LogP contribution in [0.1, 0.15) is 29.2 Å². The molecule has 1 aliphatic heterocycles. The summed E-state index contributed by atoms with van der Waals surface area (Å²) in [7, 11) is 0. The van der Waals surface area contributed by atoms with Crippen molar-refractivity contribution in [3.05, 3.63) is 63.6 Å². The number of aliphatic hydroxyl groups is 1. The van der Waals surface area contributed by atoms with Crippen molar-refractivity contribution >= 4 is 15.9 Å². The summed E-state index contributed by atoms with van der Waals surface area (Å²) in [4.78, 5) is 0. The van der Waals surface area contributed by atoms with E-state index < -0.39 is 6.10 Å². The van der Waals surface area contributed by atoms with Crippen LogP contribution in [0.5, 0.6) is 5.75 Å². The number of fused-ring (bicyclic) bond motifs is 1. The lowest BCUT2D eigenvalue weighted by Crippen LogP contribution is -2.13. The van der Waals surface area contributed by atoms with E-state index in [1.165, 1.54) is 5.56 Å². The molecule has 3 rings (SSSR count). The van der Waals surface area contributed by atoms with Gasteiger partial charge in [0, 0.05) is 16.5 Å². The average Bonchev–Trinajstić information content (AvgIpc) is 2.49. The van der Waals surface area contributed by atoms with Gasteiger partial charge in [-0.2, -0.15) is 0 Å². The fourth-order valence-corrected chi connectivity index (χ4v) is 2.89. The van der Waals surface area contributed by atoms with Gasteiger partial charge in [-0.1, -0.05) is 46.3 Å². The maximum atomic E-state index is 10.5. The van der Waals surface area contributed by atoms with Gasteiger partial charge in [-0.3, -0.25) is 0 Å². The predicted molar refractivity (Wildman–Crippen MR) is 83.1 cm³/mol. The molecule has 2 aromatic rings. The fourth-order valence-electron chi connectivity index (χ4n) is 2.63. The largest absolute Gasteiger partial charge is 0.493 e. The maximum Gasteiger partial charge on any atom is 0.128 e. The minimum atomic E-state index is -0.524. The van der Waals surface area contributed by atoms with Crippen molar-refractivity contribution in [2.24, 2.45) is 0 Å². The zero-order valence-corrected chi connectivity index (χ0v) is 12.8. The van der Waals surface area contributed by atoms with Crippen molar-refractivity contribution in [2.45, 2.75) is 25.4 Å². The quantitative estimate of drug-likeness (QED) is 0.918. The predicted octanol–water partition coefficient (Wildman–Crippen LogP) is 4.05. The van der Waals surface area contributed by atoms with E-state index in [0.29, 0.717) is 6.42 Å². The molecule has 0 bridgehead atoms. The topological polar surface area (TPSA) is 29.5 Å². The van der Waals surface area contributed by atoms with Crippen LogP contribution in [-0.4, -0.2) is 11.7 Å². The van der Waals surface area contributed by atoms with Crippen LogP contribution >= 0.6 is 15.9 Å². The molecule has 1 atom stereocenters. The van der Waals surface area contributed by atoms with Crippen LogP contribution in [-0.2, 0) is 12.8 Å². The van der Waals surface area contributed by atoms with Gasteiger partial charge in [0.1, 0.15) is 5.75 Å². The van der Waals surface area contributed by atoms with E-state index >= 15 is 0 Å². The van der Waals surface area contributed by atoms with E-state index in [2.05, 4.69) is 22.0 Å². The minimum absolute atomic E-state index is 0.524. The number of rotatable bonds is 3. The molecule has 1 aliphatic rings. The van der Waals surface area contributed by atoms with Gasteiger partial charge in [-0.25, -0.2) is 0 Å². The van der Waals surface area contributed by atoms with Gasteiger partial charge in [0.2, 0.25) is 0 Å². The molecule has 3 heteroatoms. The molecule has 2 aromatic carbocycles. The highest BCUT2D eigenvalue weighted by Gasteiger charge is 2.19. The van der Waals surface area contributed by atoms with E-state index in [9.17, 15) is 5.11 Å². The van der Waals surface area contributed by atoms with Gasteiger partial charge in [0.25, 0.3) is 0 Å². The van der Waals surface area contributed by atoms with Crippen LogP contribution < -0.4 is 4.74 Å². The third-order valence-electron chi connectivity index (χ3n) is 3.67. The first kappa shape index (κ1) is 13.7. The summed E-state index contributed by atoms with van der Waals surface area (Å²) < 4.78 is 6.82. The van der Waals surface area contributed by atoms with Gasteiger partial charge in [0.05, 0.1) is 12.7 Å². The molecule has 20 heavy (non-hydrogen) atoms. The Bertz CT molecular complexity index is 592. The lowest BCUT2D eigenvalue weighted by molar-refractivity contribution is 0.169. The Kier molecular flexibility index (Phi) is 4.08. The molecule has 0 saturated carbocycles. The third-order valence-corrected chi connectivity index (χ3v) is 4.19. The molecular weight excluding hydrogens is 316 g/mol. The Hall–Kier alpha value is -1.32. The van der Waals surface area contributed by atoms with Crippen molar-refractivity contribution in [1.29, 1.82) is 0 Å². The molecule has 0 fully saturated rings. The van der Waals surface area contributed by atoms with Crippen LogP contribution in [0.2, 0.25) is 0 Å². The van der Waals surface area contributed by atoms with Crippen molar-refractivity contribution in [1.82, 2.24) is 0 Å². The van der Waals surface area contributed by atoms with Gasteiger partial charge in [-0.05, 0) is 36.1 Å². The van der Waals surface area contributed by atoms with Crippen LogP contribution in [0.25, 0.3) is 0 Å². The van der Waals surface area contributed by atoms with Crippen molar-refractivity contribution in [3.63, 3.8) is 0 Å². The summed E-state index contributed by atoms with van der Waals surface area (Å²) in [5.74, 6) is 0.892. The van der Waals surface area contributed by atoms with E-state index in [-0.39, 0.29) is 0 Å². The van der Waals surface area contributed by atoms with E-state index in [4.69, 9.17) is 4.74 Å². The monoisotopic (exact) mass is 332 g/mol. The summed E-state index contributed by atoms with van der Waals surface area (Å²) in [5, 5.41) is 10.5. The molecule has 0 amide bonds. The molecular formula is C17H17BrO2. The zero-order chi connectivity index (χ0) is 13.9. The number of ether oxygens (including phenoxy) is 1. The second-order valence-electron chi connectivity index (χ2n) is 5.13. The Balaban J connectivity index is 1.83. The number of halogens is 1. The molecule has 0 spiro atoms. The molecule has 1 heterocycles. The molecule has 1 unspecified atom stereocenters. The fraction of sp³-hybridized carbons (Fsp3) is 0.294. The summed E-state index contributed by atoms with van der Waals surface area (Å²) in [5.41, 5.74) is 3.24. The number of aliphatic hydroxyl groups excluding tert-OH is 1. The third kappa shape index (κ3) is 2.89. The summed E-state index contributed by atoms with van der Waals surface area (Å²) >= 11 is 3.42. The summed E-state index contributed by atoms with van der Waals surface area (Å²) in [6.07, 6.45) is 2.17. The first-order valence-corrected chi connectivity index (χ1v) is 7.70. The molecule has 0 aliphatic carbocycles. The Morgan fingerprint density at radius 3 is 2.75 bits per heavy atom. The summed E-state index contributed by atoms with van der Waals surface area (Å²) in [6.45, 7) is 0.745. The molecule has 0 radical (unpaired) electrons. The molecule has 2 nitrogen and oxygen atoms in total. The van der Waals surface area contributed by atoms with Gasteiger partial charge in [0.15, 0.2) is 0 Å². The Morgan fingerprint density at radius 2 is 1.95 bits per heavy atom. The number of para-hydroxylation sites is 1. The first-order valence-electron chi connectivity index (χ1n) is 6.91. The minimum Gasteiger partial charge on any atom is -0.493 e. The summed E-state index contributed by atoms with van der Waals surface area (Å²) in [6, 6.07) is 14.1. The molecule has 0 aromatic heterocycles. The number of hydrogen-bond donors (Lipinski definition) is 1. The molecule has 1 N–H and O–H groups in total. The van der Waals surface area contributed by atoms with E-state index in [1.807, 2.05) is 36.4 Å². The highest BCUT2D eigenvalue weighted by atomic mass is 79.9. The van der Waals surface area contributed by atoms with Crippen molar-refractivity contribution in [2.75, 3.05) is 6.61 Å². The lowest BCUT2D eigenvalue weighted by Gasteiger charge is -2.22. The second-order valence-corrected chi connectivity index (χ2v) is 6.05. The smallest absolute Gasteiger partial charge is 0.128 e. The second kappa shape index (κ2) is 5.98. The molecule has 104 valence electrons. The van der Waals surface area contributed by atoms with Crippen molar-refractivity contribution in [3.8, 4) is 5.75 Å². The molecule has 0 saturated heterocycles. The zero-order valence-electron chi connectivity index (χ0n) is 11.2. The normalized spacial score (nSPS) is 15.3. The lowest BCUT2D eigenvalue weighted by atomic mass is 9.96. The van der Waals surface area contributed by atoms with Crippen LogP contribution in [0.3, 0.4) is 0 Å². The number of aryl methyl sites for hydroxylation is 1. The van der Waals surface area contributed by atoms with Gasteiger partial charge >= 0.3 is 0 Å². The number of benzene rings is 2. The van der Waals surface area contributed by atoms with Gasteiger partial charge < -0.3 is 9.84 Å². The number of hydrogen-bond acceptors (Lipinski definition) is 2. The van der Waals surface area contributed by atoms with Gasteiger partial charge in [-0.15, -0.1) is 0 Å². The van der Waals surface area contributed by atoms with Crippen LogP contribution in [0.15, 0.2) is 46.9 Å². The Labute approximate surface area is 127 Å². The highest BCUT2D eigenvalue weighted by molar-refractivity contribution is 9.10. The first-order chi connectivity index (χ1) is 9.74. The SMILES string of the molecule is OC(Cc1ccc(Br)cc1)c1cccc2c1OCCC2. The standard InChI is InChI=1S/C17H17BrO2/c18-14-8-6-12(7-9-14)11-16(19)15-5-1-3-13-4-2-10-20-17(13)15/h1,3,5-9,16,19H,2,4,10-11H2. The van der Waals surface area contributed by atoms with Crippen LogP contribution in [0.4, 0.5) is 0 Å². The highest BCUT2D eigenvalue weighted by Crippen LogP contribution is 2.34. The van der Waals surface area contributed by atoms with Crippen molar-refractivity contribution < 1.29 is 9.84 Å². The Morgan fingerprint density at radius 1 is 1.15 bits per heavy atom.